The first-order valence-electron chi connectivity index (χ1n) is 7.72. The molecule has 0 aliphatic carbocycles. The second-order valence-corrected chi connectivity index (χ2v) is 6.87. The van der Waals surface area contributed by atoms with Gasteiger partial charge in [0.2, 0.25) is 0 Å². The summed E-state index contributed by atoms with van der Waals surface area (Å²) in [7, 11) is 0. The van der Waals surface area contributed by atoms with Crippen LogP contribution in [0.5, 0.6) is 0 Å². The Morgan fingerprint density at radius 1 is 1.15 bits per heavy atom. The Kier molecular flexibility index (Phi) is 7.04. The van der Waals surface area contributed by atoms with Crippen molar-refractivity contribution in [3.8, 4) is 0 Å². The summed E-state index contributed by atoms with van der Waals surface area (Å²) in [6.07, 6.45) is 2.34. The van der Waals surface area contributed by atoms with E-state index in [2.05, 4.69) is 66.7 Å². The summed E-state index contributed by atoms with van der Waals surface area (Å²) >= 11 is 3.74. The lowest BCUT2D eigenvalue weighted by molar-refractivity contribution is 0.507. The van der Waals surface area contributed by atoms with E-state index < -0.39 is 0 Å². The molecule has 2 nitrogen and oxygen atoms in total. The number of nitrogens with zero attached hydrogens (tertiary/aromatic N) is 1. The second-order valence-electron chi connectivity index (χ2n) is 6.02. The molecule has 3 heteroatoms. The number of halogens is 1. The maximum Gasteiger partial charge on any atom is 0.0513 e. The van der Waals surface area contributed by atoms with E-state index in [4.69, 9.17) is 5.73 Å². The van der Waals surface area contributed by atoms with Crippen LogP contribution in [0.15, 0.2) is 22.7 Å². The summed E-state index contributed by atoms with van der Waals surface area (Å²) in [5.74, 6) is 0.649. The monoisotopic (exact) mass is 340 g/mol. The number of hydrogen-bond donors (Lipinski definition) is 1. The third kappa shape index (κ3) is 4.49. The predicted octanol–water partition coefficient (Wildman–Crippen LogP) is 5.12. The van der Waals surface area contributed by atoms with Gasteiger partial charge in [-0.3, -0.25) is 0 Å². The molecule has 20 heavy (non-hydrogen) atoms. The lowest BCUT2D eigenvalue weighted by atomic mass is 10.0. The van der Waals surface area contributed by atoms with Gasteiger partial charge >= 0.3 is 0 Å². The van der Waals surface area contributed by atoms with Crippen LogP contribution in [0.3, 0.4) is 0 Å². The molecule has 0 fully saturated rings. The van der Waals surface area contributed by atoms with E-state index in [-0.39, 0.29) is 6.04 Å². The summed E-state index contributed by atoms with van der Waals surface area (Å²) in [6.45, 7) is 12.2. The fourth-order valence-electron chi connectivity index (χ4n) is 2.61. The van der Waals surface area contributed by atoms with Crippen LogP contribution in [-0.4, -0.2) is 12.6 Å². The fraction of sp³-hybridized carbons (Fsp3) is 0.647. The Bertz CT molecular complexity index is 411. The molecule has 0 radical (unpaired) electrons. The van der Waals surface area contributed by atoms with Crippen molar-refractivity contribution in [2.24, 2.45) is 11.7 Å². The third-order valence-corrected chi connectivity index (χ3v) is 4.39. The van der Waals surface area contributed by atoms with Gasteiger partial charge in [0.1, 0.15) is 0 Å². The van der Waals surface area contributed by atoms with Crippen molar-refractivity contribution in [2.75, 3.05) is 11.4 Å². The molecule has 0 spiro atoms. The van der Waals surface area contributed by atoms with Crippen molar-refractivity contribution < 1.29 is 0 Å². The molecule has 1 unspecified atom stereocenters. The van der Waals surface area contributed by atoms with Crippen molar-refractivity contribution >= 4 is 21.6 Å². The molecule has 0 aromatic heterocycles. The van der Waals surface area contributed by atoms with E-state index >= 15 is 0 Å². The number of rotatable bonds is 7. The Hall–Kier alpha value is -0.540. The maximum absolute atomic E-state index is 5.97. The van der Waals surface area contributed by atoms with Crippen molar-refractivity contribution in [2.45, 2.75) is 59.5 Å². The van der Waals surface area contributed by atoms with Gasteiger partial charge in [0.25, 0.3) is 0 Å². The number of nitrogens with two attached hydrogens (primary N) is 1. The minimum Gasteiger partial charge on any atom is -0.367 e. The normalized spacial score (nSPS) is 13.1. The van der Waals surface area contributed by atoms with Crippen LogP contribution in [0, 0.1) is 5.92 Å². The Balaban J connectivity index is 3.13. The lowest BCUT2D eigenvalue weighted by Crippen LogP contribution is -2.37. The zero-order valence-electron chi connectivity index (χ0n) is 13.5. The molecule has 0 aliphatic rings. The van der Waals surface area contributed by atoms with Gasteiger partial charge in [0, 0.05) is 23.1 Å². The standard InChI is InChI=1S/C17H29BrN2/c1-6-15(7-2)20(11-12(3)4)17-9-8-14(13(5)19)10-16(17)18/h8-10,12-13,15H,6-7,11,19H2,1-5H3. The summed E-state index contributed by atoms with van der Waals surface area (Å²) < 4.78 is 1.15. The van der Waals surface area contributed by atoms with Gasteiger partial charge in [-0.2, -0.15) is 0 Å². The highest BCUT2D eigenvalue weighted by atomic mass is 79.9. The number of benzene rings is 1. The average Bonchev–Trinajstić information content (AvgIpc) is 2.38. The molecule has 1 rings (SSSR count). The van der Waals surface area contributed by atoms with E-state index in [9.17, 15) is 0 Å². The van der Waals surface area contributed by atoms with Crippen LogP contribution in [0.2, 0.25) is 0 Å². The summed E-state index contributed by atoms with van der Waals surface area (Å²) in [5, 5.41) is 0. The smallest absolute Gasteiger partial charge is 0.0513 e. The van der Waals surface area contributed by atoms with E-state index in [1.165, 1.54) is 24.1 Å². The molecule has 1 aromatic rings. The molecule has 0 aliphatic heterocycles. The Morgan fingerprint density at radius 2 is 1.75 bits per heavy atom. The highest BCUT2D eigenvalue weighted by Crippen LogP contribution is 2.32. The van der Waals surface area contributed by atoms with Gasteiger partial charge in [0.15, 0.2) is 0 Å². The highest BCUT2D eigenvalue weighted by molar-refractivity contribution is 9.10. The fourth-order valence-corrected chi connectivity index (χ4v) is 3.23. The molecule has 0 bridgehead atoms. The maximum atomic E-state index is 5.97. The lowest BCUT2D eigenvalue weighted by Gasteiger charge is -2.35. The van der Waals surface area contributed by atoms with Crippen molar-refractivity contribution in [1.82, 2.24) is 0 Å². The van der Waals surface area contributed by atoms with Crippen LogP contribution in [0.4, 0.5) is 5.69 Å². The first kappa shape index (κ1) is 17.5. The quantitative estimate of drug-likeness (QED) is 0.746. The van der Waals surface area contributed by atoms with E-state index in [1.807, 2.05) is 6.92 Å². The van der Waals surface area contributed by atoms with Crippen molar-refractivity contribution in [1.29, 1.82) is 0 Å². The zero-order chi connectivity index (χ0) is 15.3. The first-order valence-corrected chi connectivity index (χ1v) is 8.51. The topological polar surface area (TPSA) is 29.3 Å². The number of hydrogen-bond acceptors (Lipinski definition) is 2. The Labute approximate surface area is 132 Å². The van der Waals surface area contributed by atoms with Crippen LogP contribution < -0.4 is 10.6 Å². The van der Waals surface area contributed by atoms with Gasteiger partial charge in [-0.15, -0.1) is 0 Å². The Morgan fingerprint density at radius 3 is 2.15 bits per heavy atom. The van der Waals surface area contributed by atoms with Crippen LogP contribution in [0.25, 0.3) is 0 Å². The minimum absolute atomic E-state index is 0.0760. The molecule has 1 aromatic carbocycles. The molecule has 1 atom stereocenters. The predicted molar refractivity (Wildman–Crippen MR) is 93.3 cm³/mol. The first-order chi connectivity index (χ1) is 9.40. The SMILES string of the molecule is CCC(CC)N(CC(C)C)c1ccc(C(C)N)cc1Br. The van der Waals surface area contributed by atoms with E-state index in [0.29, 0.717) is 12.0 Å². The van der Waals surface area contributed by atoms with Gasteiger partial charge in [-0.25, -0.2) is 0 Å². The van der Waals surface area contributed by atoms with Gasteiger partial charge < -0.3 is 10.6 Å². The summed E-state index contributed by atoms with van der Waals surface area (Å²) in [5.41, 5.74) is 8.43. The molecule has 0 saturated carbocycles. The molecule has 0 heterocycles. The average molecular weight is 341 g/mol. The molecule has 0 amide bonds. The van der Waals surface area contributed by atoms with Crippen molar-refractivity contribution in [3.05, 3.63) is 28.2 Å². The van der Waals surface area contributed by atoms with Crippen LogP contribution in [-0.2, 0) is 0 Å². The number of anilines is 1. The third-order valence-electron chi connectivity index (χ3n) is 3.75. The van der Waals surface area contributed by atoms with Crippen LogP contribution >= 0.6 is 15.9 Å². The minimum atomic E-state index is 0.0760. The van der Waals surface area contributed by atoms with Gasteiger partial charge in [-0.1, -0.05) is 33.8 Å². The molecule has 0 saturated heterocycles. The second kappa shape index (κ2) is 8.04. The summed E-state index contributed by atoms with van der Waals surface area (Å²) in [6, 6.07) is 7.20. The molecular weight excluding hydrogens is 312 g/mol. The zero-order valence-corrected chi connectivity index (χ0v) is 15.1. The van der Waals surface area contributed by atoms with E-state index in [0.717, 1.165) is 11.0 Å². The van der Waals surface area contributed by atoms with Gasteiger partial charge in [-0.05, 0) is 59.3 Å². The van der Waals surface area contributed by atoms with E-state index in [1.54, 1.807) is 0 Å². The van der Waals surface area contributed by atoms with Crippen LogP contribution in [0.1, 0.15) is 59.1 Å². The highest BCUT2D eigenvalue weighted by Gasteiger charge is 2.19. The molecule has 2 N–H and O–H groups in total. The molecule has 114 valence electrons. The summed E-state index contributed by atoms with van der Waals surface area (Å²) in [4.78, 5) is 2.54. The van der Waals surface area contributed by atoms with Crippen molar-refractivity contribution in [3.63, 3.8) is 0 Å². The van der Waals surface area contributed by atoms with Gasteiger partial charge in [0.05, 0.1) is 5.69 Å². The largest absolute Gasteiger partial charge is 0.367 e. The molecular formula is C17H29BrN2.